The van der Waals surface area contributed by atoms with Crippen molar-refractivity contribution in [3.63, 3.8) is 0 Å². The number of esters is 1. The highest BCUT2D eigenvalue weighted by Crippen LogP contribution is 2.16. The summed E-state index contributed by atoms with van der Waals surface area (Å²) < 4.78 is 4.75. The highest BCUT2D eigenvalue weighted by Gasteiger charge is 2.28. The second-order valence-electron chi connectivity index (χ2n) is 3.28. The lowest BCUT2D eigenvalue weighted by Crippen LogP contribution is -2.29. The lowest BCUT2D eigenvalue weighted by atomic mass is 9.89. The predicted octanol–water partition coefficient (Wildman–Crippen LogP) is 2.15. The van der Waals surface area contributed by atoms with Gasteiger partial charge in [0.25, 0.3) is 0 Å². The number of ether oxygens (including phenoxy) is 1. The predicted molar refractivity (Wildman–Crippen MR) is 57.5 cm³/mol. The van der Waals surface area contributed by atoms with Crippen molar-refractivity contribution >= 4 is 11.7 Å². The van der Waals surface area contributed by atoms with Crippen LogP contribution in [-0.2, 0) is 9.53 Å². The fraction of sp³-hybridized carbons (Fsp3) is 0.727. The number of hydrogen-bond donors (Lipinski definition) is 1. The zero-order chi connectivity index (χ0) is 11.8. The number of hydrogen-bond acceptors (Lipinski definition) is 4. The number of nitrogens with one attached hydrogen (secondary N) is 1. The molecule has 0 fully saturated rings. The van der Waals surface area contributed by atoms with Gasteiger partial charge in [0, 0.05) is 5.71 Å². The molecule has 0 aromatic heterocycles. The van der Waals surface area contributed by atoms with Crippen LogP contribution in [0.15, 0.2) is 0 Å². The summed E-state index contributed by atoms with van der Waals surface area (Å²) in [4.78, 5) is 11.4. The Morgan fingerprint density at radius 2 is 1.93 bits per heavy atom. The average Bonchev–Trinajstić information content (AvgIpc) is 2.21. The van der Waals surface area contributed by atoms with Crippen LogP contribution in [0.2, 0.25) is 0 Å². The van der Waals surface area contributed by atoms with Crippen molar-refractivity contribution in [3.05, 3.63) is 0 Å². The minimum absolute atomic E-state index is 0.000874. The molecule has 4 nitrogen and oxygen atoms in total. The van der Waals surface area contributed by atoms with Gasteiger partial charge >= 0.3 is 5.97 Å². The molecule has 0 aliphatic carbocycles. The van der Waals surface area contributed by atoms with E-state index in [1.54, 1.807) is 6.92 Å². The summed E-state index contributed by atoms with van der Waals surface area (Å²) in [7, 11) is 0. The van der Waals surface area contributed by atoms with Crippen molar-refractivity contribution < 1.29 is 9.53 Å². The van der Waals surface area contributed by atoms with Gasteiger partial charge in [-0.2, -0.15) is 5.26 Å². The maximum absolute atomic E-state index is 11.4. The second-order valence-corrected chi connectivity index (χ2v) is 3.28. The van der Waals surface area contributed by atoms with Crippen molar-refractivity contribution in [2.45, 2.75) is 33.6 Å². The van der Waals surface area contributed by atoms with E-state index in [2.05, 4.69) is 0 Å². The Bertz CT molecular complexity index is 264. The van der Waals surface area contributed by atoms with Gasteiger partial charge in [-0.25, -0.2) is 0 Å². The average molecular weight is 210 g/mol. The summed E-state index contributed by atoms with van der Waals surface area (Å²) in [6, 6.07) is 1.84. The van der Waals surface area contributed by atoms with Crippen LogP contribution in [0, 0.1) is 28.6 Å². The van der Waals surface area contributed by atoms with E-state index in [-0.39, 0.29) is 18.2 Å². The molecule has 0 radical (unpaired) electrons. The summed E-state index contributed by atoms with van der Waals surface area (Å²) in [5.41, 5.74) is 0.181. The largest absolute Gasteiger partial charge is 0.465 e. The SMILES string of the molecule is CCOC(=O)C(C#N)C(=N)C(CC)CC. The number of nitrogens with zero attached hydrogens (tertiary/aromatic N) is 1. The topological polar surface area (TPSA) is 73.9 Å². The molecule has 0 saturated carbocycles. The summed E-state index contributed by atoms with van der Waals surface area (Å²) in [6.45, 7) is 5.82. The van der Waals surface area contributed by atoms with Gasteiger partial charge in [-0.3, -0.25) is 4.79 Å². The summed E-state index contributed by atoms with van der Waals surface area (Å²) in [5.74, 6) is -1.63. The van der Waals surface area contributed by atoms with Crippen molar-refractivity contribution in [3.8, 4) is 6.07 Å². The van der Waals surface area contributed by atoms with Crippen molar-refractivity contribution in [1.82, 2.24) is 0 Å². The van der Waals surface area contributed by atoms with Crippen LogP contribution >= 0.6 is 0 Å². The zero-order valence-corrected chi connectivity index (χ0v) is 9.54. The van der Waals surface area contributed by atoms with Gasteiger partial charge in [-0.05, 0) is 25.7 Å². The van der Waals surface area contributed by atoms with E-state index in [4.69, 9.17) is 15.4 Å². The van der Waals surface area contributed by atoms with E-state index in [9.17, 15) is 4.79 Å². The fourth-order valence-corrected chi connectivity index (χ4v) is 1.44. The van der Waals surface area contributed by atoms with E-state index in [1.165, 1.54) is 0 Å². The molecule has 0 aliphatic rings. The molecular formula is C11H18N2O2. The van der Waals surface area contributed by atoms with E-state index >= 15 is 0 Å². The minimum Gasteiger partial charge on any atom is -0.465 e. The molecular weight excluding hydrogens is 192 g/mol. The molecule has 15 heavy (non-hydrogen) atoms. The monoisotopic (exact) mass is 210 g/mol. The van der Waals surface area contributed by atoms with E-state index in [0.29, 0.717) is 0 Å². The van der Waals surface area contributed by atoms with Crippen LogP contribution in [0.4, 0.5) is 0 Å². The van der Waals surface area contributed by atoms with Crippen molar-refractivity contribution in [2.75, 3.05) is 6.61 Å². The molecule has 1 atom stereocenters. The maximum atomic E-state index is 11.4. The van der Waals surface area contributed by atoms with Gasteiger partial charge in [0.05, 0.1) is 12.7 Å². The van der Waals surface area contributed by atoms with Crippen LogP contribution in [0.25, 0.3) is 0 Å². The molecule has 0 aromatic rings. The standard InChI is InChI=1S/C11H18N2O2/c1-4-8(5-2)10(13)9(7-12)11(14)15-6-3/h8-9,13H,4-6H2,1-3H3. The summed E-state index contributed by atoms with van der Waals surface area (Å²) in [6.07, 6.45) is 1.54. The van der Waals surface area contributed by atoms with Gasteiger partial charge < -0.3 is 10.1 Å². The Morgan fingerprint density at radius 3 is 2.27 bits per heavy atom. The van der Waals surface area contributed by atoms with Crippen LogP contribution < -0.4 is 0 Å². The first-order chi connectivity index (χ1) is 7.12. The molecule has 1 N–H and O–H groups in total. The lowest BCUT2D eigenvalue weighted by molar-refractivity contribution is -0.144. The summed E-state index contributed by atoms with van der Waals surface area (Å²) >= 11 is 0. The van der Waals surface area contributed by atoms with Crippen LogP contribution in [0.3, 0.4) is 0 Å². The number of rotatable bonds is 6. The fourth-order valence-electron chi connectivity index (χ4n) is 1.44. The molecule has 0 bridgehead atoms. The molecule has 84 valence electrons. The lowest BCUT2D eigenvalue weighted by Gasteiger charge is -2.17. The van der Waals surface area contributed by atoms with E-state index in [1.807, 2.05) is 19.9 Å². The minimum atomic E-state index is -1.03. The van der Waals surface area contributed by atoms with Gasteiger partial charge in [0.1, 0.15) is 0 Å². The number of carbonyl (C=O) groups excluding carboxylic acids is 1. The Hall–Kier alpha value is -1.37. The van der Waals surface area contributed by atoms with Gasteiger partial charge in [0.2, 0.25) is 0 Å². The van der Waals surface area contributed by atoms with E-state index in [0.717, 1.165) is 12.8 Å². The molecule has 0 heterocycles. The molecule has 0 aromatic carbocycles. The first-order valence-electron chi connectivity index (χ1n) is 5.26. The quantitative estimate of drug-likeness (QED) is 0.539. The van der Waals surface area contributed by atoms with Crippen LogP contribution in [0.5, 0.6) is 0 Å². The second kappa shape index (κ2) is 6.99. The number of nitriles is 1. The van der Waals surface area contributed by atoms with Crippen molar-refractivity contribution in [1.29, 1.82) is 10.7 Å². The molecule has 0 rings (SSSR count). The van der Waals surface area contributed by atoms with Crippen molar-refractivity contribution in [2.24, 2.45) is 11.8 Å². The van der Waals surface area contributed by atoms with E-state index < -0.39 is 11.9 Å². The van der Waals surface area contributed by atoms with Gasteiger partial charge in [0.15, 0.2) is 5.92 Å². The zero-order valence-electron chi connectivity index (χ0n) is 9.54. The van der Waals surface area contributed by atoms with Gasteiger partial charge in [-0.1, -0.05) is 13.8 Å². The highest BCUT2D eigenvalue weighted by molar-refractivity contribution is 6.04. The third-order valence-corrected chi connectivity index (χ3v) is 2.39. The Labute approximate surface area is 90.7 Å². The van der Waals surface area contributed by atoms with Crippen LogP contribution in [0.1, 0.15) is 33.6 Å². The molecule has 0 saturated heterocycles. The Kier molecular flexibility index (Phi) is 6.35. The maximum Gasteiger partial charge on any atom is 0.329 e. The van der Waals surface area contributed by atoms with Gasteiger partial charge in [-0.15, -0.1) is 0 Å². The molecule has 0 amide bonds. The molecule has 1 unspecified atom stereocenters. The molecule has 0 aliphatic heterocycles. The Balaban J connectivity index is 4.61. The summed E-state index contributed by atoms with van der Waals surface area (Å²) in [5, 5.41) is 16.6. The third kappa shape index (κ3) is 3.70. The number of carbonyl (C=O) groups is 1. The molecule has 4 heteroatoms. The highest BCUT2D eigenvalue weighted by atomic mass is 16.5. The first-order valence-corrected chi connectivity index (χ1v) is 5.26. The third-order valence-electron chi connectivity index (χ3n) is 2.39. The Morgan fingerprint density at radius 1 is 1.40 bits per heavy atom. The van der Waals surface area contributed by atoms with Crippen LogP contribution in [-0.4, -0.2) is 18.3 Å². The normalized spacial score (nSPS) is 11.9. The smallest absolute Gasteiger partial charge is 0.329 e. The first kappa shape index (κ1) is 13.6. The molecule has 0 spiro atoms.